The van der Waals surface area contributed by atoms with E-state index in [4.69, 9.17) is 0 Å². The summed E-state index contributed by atoms with van der Waals surface area (Å²) in [4.78, 5) is 23.6. The average molecular weight is 351 g/mol. The minimum absolute atomic E-state index is 0.00219. The molecule has 0 bridgehead atoms. The predicted octanol–water partition coefficient (Wildman–Crippen LogP) is 1.03. The summed E-state index contributed by atoms with van der Waals surface area (Å²) < 4.78 is 26.6. The lowest BCUT2D eigenvalue weighted by atomic mass is 10.2. The molecule has 7 nitrogen and oxygen atoms in total. The molecular formula is C16H21N3O4S. The highest BCUT2D eigenvalue weighted by molar-refractivity contribution is 7.89. The SMILES string of the molecule is O=C(NNC(=O)C1CC1)c1ccc(S(=O)(=O)N2CCCCC2)cc1. The summed E-state index contributed by atoms with van der Waals surface area (Å²) in [6.45, 7) is 1.08. The monoisotopic (exact) mass is 351 g/mol. The first-order valence-electron chi connectivity index (χ1n) is 8.19. The van der Waals surface area contributed by atoms with E-state index in [9.17, 15) is 18.0 Å². The van der Waals surface area contributed by atoms with Crippen LogP contribution in [0.15, 0.2) is 29.2 Å². The Morgan fingerprint density at radius 3 is 2.17 bits per heavy atom. The first kappa shape index (κ1) is 16.9. The molecule has 0 radical (unpaired) electrons. The van der Waals surface area contributed by atoms with E-state index in [2.05, 4.69) is 10.9 Å². The average Bonchev–Trinajstić information content (AvgIpc) is 3.45. The molecule has 1 aliphatic heterocycles. The van der Waals surface area contributed by atoms with Crippen LogP contribution in [0.2, 0.25) is 0 Å². The summed E-state index contributed by atoms with van der Waals surface area (Å²) in [6, 6.07) is 5.77. The molecule has 2 aliphatic rings. The normalized spacial score (nSPS) is 18.8. The zero-order valence-electron chi connectivity index (χ0n) is 13.3. The number of amides is 2. The number of piperidine rings is 1. The minimum atomic E-state index is -3.50. The molecule has 0 spiro atoms. The molecule has 24 heavy (non-hydrogen) atoms. The van der Waals surface area contributed by atoms with Gasteiger partial charge in [-0.25, -0.2) is 8.42 Å². The van der Waals surface area contributed by atoms with Crippen molar-refractivity contribution in [3.63, 3.8) is 0 Å². The second kappa shape index (κ2) is 6.90. The van der Waals surface area contributed by atoms with Crippen LogP contribution in [0.5, 0.6) is 0 Å². The number of nitrogens with zero attached hydrogens (tertiary/aromatic N) is 1. The van der Waals surface area contributed by atoms with E-state index in [1.165, 1.54) is 28.6 Å². The molecule has 2 fully saturated rings. The number of hydrogen-bond acceptors (Lipinski definition) is 4. The quantitative estimate of drug-likeness (QED) is 0.792. The number of carbonyl (C=O) groups is 2. The summed E-state index contributed by atoms with van der Waals surface area (Å²) in [5.74, 6) is -0.652. The number of sulfonamides is 1. The number of carbonyl (C=O) groups excluding carboxylic acids is 2. The second-order valence-corrected chi connectivity index (χ2v) is 8.14. The maximum Gasteiger partial charge on any atom is 0.269 e. The van der Waals surface area contributed by atoms with Gasteiger partial charge >= 0.3 is 0 Å². The van der Waals surface area contributed by atoms with Crippen LogP contribution in [0.25, 0.3) is 0 Å². The molecule has 1 aliphatic carbocycles. The smallest absolute Gasteiger partial charge is 0.269 e. The van der Waals surface area contributed by atoms with Crippen LogP contribution in [0.1, 0.15) is 42.5 Å². The maximum atomic E-state index is 12.5. The molecule has 1 heterocycles. The van der Waals surface area contributed by atoms with Gasteiger partial charge in [0.05, 0.1) is 4.90 Å². The van der Waals surface area contributed by atoms with Crippen molar-refractivity contribution >= 4 is 21.8 Å². The van der Waals surface area contributed by atoms with E-state index in [0.717, 1.165) is 32.1 Å². The van der Waals surface area contributed by atoms with Crippen molar-refractivity contribution in [1.82, 2.24) is 15.2 Å². The van der Waals surface area contributed by atoms with Crippen LogP contribution in [-0.2, 0) is 14.8 Å². The van der Waals surface area contributed by atoms with Crippen molar-refractivity contribution in [1.29, 1.82) is 0 Å². The molecule has 0 aromatic heterocycles. The molecule has 0 unspecified atom stereocenters. The molecule has 130 valence electrons. The lowest BCUT2D eigenvalue weighted by Gasteiger charge is -2.25. The third-order valence-electron chi connectivity index (χ3n) is 4.32. The molecular weight excluding hydrogens is 330 g/mol. The summed E-state index contributed by atoms with van der Waals surface area (Å²) >= 11 is 0. The number of hydrogen-bond donors (Lipinski definition) is 2. The highest BCUT2D eigenvalue weighted by Gasteiger charge is 2.30. The van der Waals surface area contributed by atoms with Crippen LogP contribution in [-0.4, -0.2) is 37.6 Å². The van der Waals surface area contributed by atoms with Crippen LogP contribution >= 0.6 is 0 Å². The Labute approximate surface area is 141 Å². The minimum Gasteiger partial charge on any atom is -0.273 e. The predicted molar refractivity (Wildman–Crippen MR) is 87.4 cm³/mol. The molecule has 1 aromatic rings. The number of benzene rings is 1. The lowest BCUT2D eigenvalue weighted by molar-refractivity contribution is -0.123. The van der Waals surface area contributed by atoms with Crippen molar-refractivity contribution in [3.05, 3.63) is 29.8 Å². The Bertz CT molecular complexity index is 720. The Kier molecular flexibility index (Phi) is 4.86. The van der Waals surface area contributed by atoms with Crippen LogP contribution in [0.3, 0.4) is 0 Å². The second-order valence-electron chi connectivity index (χ2n) is 6.21. The summed E-state index contributed by atoms with van der Waals surface area (Å²) in [7, 11) is -3.50. The Hall–Kier alpha value is -1.93. The Morgan fingerprint density at radius 2 is 1.58 bits per heavy atom. The van der Waals surface area contributed by atoms with E-state index in [0.29, 0.717) is 18.7 Å². The van der Waals surface area contributed by atoms with E-state index < -0.39 is 15.9 Å². The van der Waals surface area contributed by atoms with Gasteiger partial charge in [0.25, 0.3) is 5.91 Å². The van der Waals surface area contributed by atoms with Crippen LogP contribution in [0.4, 0.5) is 0 Å². The standard InChI is InChI=1S/C16H21N3O4S/c20-15(12-4-5-12)17-18-16(21)13-6-8-14(9-7-13)24(22,23)19-10-2-1-3-11-19/h6-9,12H,1-5,10-11H2,(H,17,20)(H,18,21). The molecule has 0 atom stereocenters. The third-order valence-corrected chi connectivity index (χ3v) is 6.23. The molecule has 8 heteroatoms. The Morgan fingerprint density at radius 1 is 0.958 bits per heavy atom. The first-order valence-corrected chi connectivity index (χ1v) is 9.63. The van der Waals surface area contributed by atoms with Gasteiger partial charge in [0.2, 0.25) is 15.9 Å². The van der Waals surface area contributed by atoms with Gasteiger partial charge in [-0.3, -0.25) is 20.4 Å². The molecule has 2 N–H and O–H groups in total. The summed E-state index contributed by atoms with van der Waals surface area (Å²) in [5, 5.41) is 0. The van der Waals surface area contributed by atoms with Gasteiger partial charge in [0.15, 0.2) is 0 Å². The third kappa shape index (κ3) is 3.76. The molecule has 1 saturated carbocycles. The van der Waals surface area contributed by atoms with Gasteiger partial charge in [-0.1, -0.05) is 6.42 Å². The van der Waals surface area contributed by atoms with Crippen LogP contribution in [0, 0.1) is 5.92 Å². The zero-order valence-corrected chi connectivity index (χ0v) is 14.1. The Balaban J connectivity index is 1.63. The van der Waals surface area contributed by atoms with Crippen molar-refractivity contribution in [2.24, 2.45) is 5.92 Å². The van der Waals surface area contributed by atoms with E-state index in [1.807, 2.05) is 0 Å². The van der Waals surface area contributed by atoms with Gasteiger partial charge in [-0.05, 0) is 49.9 Å². The van der Waals surface area contributed by atoms with E-state index >= 15 is 0 Å². The highest BCUT2D eigenvalue weighted by Crippen LogP contribution is 2.28. The van der Waals surface area contributed by atoms with E-state index in [-0.39, 0.29) is 16.7 Å². The van der Waals surface area contributed by atoms with Gasteiger partial charge in [0, 0.05) is 24.6 Å². The molecule has 1 aromatic carbocycles. The van der Waals surface area contributed by atoms with Gasteiger partial charge in [0.1, 0.15) is 0 Å². The summed E-state index contributed by atoms with van der Waals surface area (Å²) in [5.41, 5.74) is 5.01. The maximum absolute atomic E-state index is 12.5. The van der Waals surface area contributed by atoms with Crippen molar-refractivity contribution < 1.29 is 18.0 Å². The molecule has 3 rings (SSSR count). The fourth-order valence-electron chi connectivity index (χ4n) is 2.67. The van der Waals surface area contributed by atoms with E-state index in [1.54, 1.807) is 0 Å². The molecule has 2 amide bonds. The van der Waals surface area contributed by atoms with Gasteiger partial charge < -0.3 is 0 Å². The van der Waals surface area contributed by atoms with Crippen molar-refractivity contribution in [3.8, 4) is 0 Å². The topological polar surface area (TPSA) is 95.6 Å². The fraction of sp³-hybridized carbons (Fsp3) is 0.500. The van der Waals surface area contributed by atoms with Crippen molar-refractivity contribution in [2.45, 2.75) is 37.0 Å². The number of nitrogens with one attached hydrogen (secondary N) is 2. The van der Waals surface area contributed by atoms with Crippen LogP contribution < -0.4 is 10.9 Å². The molecule has 1 saturated heterocycles. The highest BCUT2D eigenvalue weighted by atomic mass is 32.2. The number of hydrazine groups is 1. The summed E-state index contributed by atoms with van der Waals surface area (Å²) in [6.07, 6.45) is 4.51. The van der Waals surface area contributed by atoms with Crippen molar-refractivity contribution in [2.75, 3.05) is 13.1 Å². The lowest BCUT2D eigenvalue weighted by Crippen LogP contribution is -2.42. The van der Waals surface area contributed by atoms with Gasteiger partial charge in [-0.2, -0.15) is 4.31 Å². The zero-order chi connectivity index (χ0) is 17.2. The first-order chi connectivity index (χ1) is 11.5. The number of rotatable bonds is 4. The van der Waals surface area contributed by atoms with Gasteiger partial charge in [-0.15, -0.1) is 0 Å². The largest absolute Gasteiger partial charge is 0.273 e. The fourth-order valence-corrected chi connectivity index (χ4v) is 4.19.